The standard InChI is InChI=1S/C9H9ClN3Se/c1-6(12-13-9(11)14)7-3-2-4-8(10)5-7/h2-5H,1H3,(H2,11,13)/b12-6+. The van der Waals surface area contributed by atoms with Gasteiger partial charge in [0, 0.05) is 0 Å². The number of hydrogen-bond acceptors (Lipinski definition) is 2. The van der Waals surface area contributed by atoms with Crippen LogP contribution in [0.2, 0.25) is 5.02 Å². The molecule has 0 saturated heterocycles. The normalized spacial score (nSPS) is 13.0. The Morgan fingerprint density at radius 1 is 1.43 bits per heavy atom. The Hall–Kier alpha value is -0.831. The monoisotopic (exact) mass is 274 g/mol. The Labute approximate surface area is 95.9 Å². The summed E-state index contributed by atoms with van der Waals surface area (Å²) in [5, 5.41) is 8.32. The Balaban J connectivity index is 2.95. The van der Waals surface area contributed by atoms with Crippen molar-refractivity contribution in [2.24, 2.45) is 15.9 Å². The molecule has 14 heavy (non-hydrogen) atoms. The van der Waals surface area contributed by atoms with Crippen LogP contribution in [0.5, 0.6) is 0 Å². The van der Waals surface area contributed by atoms with Gasteiger partial charge in [0.2, 0.25) is 0 Å². The molecule has 0 amide bonds. The molecule has 0 heterocycles. The van der Waals surface area contributed by atoms with E-state index >= 15 is 0 Å². The number of rotatable bonds is 2. The van der Waals surface area contributed by atoms with Gasteiger partial charge in [-0.25, -0.2) is 0 Å². The van der Waals surface area contributed by atoms with Crippen LogP contribution in [0.1, 0.15) is 12.5 Å². The van der Waals surface area contributed by atoms with Crippen LogP contribution in [-0.2, 0) is 0 Å². The molecule has 1 radical (unpaired) electrons. The van der Waals surface area contributed by atoms with E-state index in [1.165, 1.54) is 0 Å². The van der Waals surface area contributed by atoms with Crippen molar-refractivity contribution in [2.45, 2.75) is 6.92 Å². The second-order valence-corrected chi connectivity index (χ2v) is 3.95. The number of amidine groups is 1. The second kappa shape index (κ2) is 5.15. The van der Waals surface area contributed by atoms with E-state index in [2.05, 4.69) is 26.2 Å². The molecular formula is C9H9ClN3Se. The summed E-state index contributed by atoms with van der Waals surface area (Å²) in [6, 6.07) is 7.41. The van der Waals surface area contributed by atoms with Crippen molar-refractivity contribution in [1.82, 2.24) is 0 Å². The first-order valence-electron chi connectivity index (χ1n) is 3.90. The van der Waals surface area contributed by atoms with Crippen LogP contribution >= 0.6 is 11.6 Å². The zero-order valence-electron chi connectivity index (χ0n) is 7.57. The molecule has 0 saturated carbocycles. The Bertz CT molecular complexity index is 383. The fraction of sp³-hybridized carbons (Fsp3) is 0.111. The summed E-state index contributed by atoms with van der Waals surface area (Å²) in [5.74, 6) is 0. The molecule has 0 fully saturated rings. The molecule has 0 aliphatic carbocycles. The average Bonchev–Trinajstić information content (AvgIpc) is 2.14. The van der Waals surface area contributed by atoms with E-state index in [9.17, 15) is 0 Å². The van der Waals surface area contributed by atoms with Gasteiger partial charge in [-0.05, 0) is 0 Å². The van der Waals surface area contributed by atoms with Crippen molar-refractivity contribution in [1.29, 1.82) is 0 Å². The third kappa shape index (κ3) is 3.50. The molecule has 0 unspecified atom stereocenters. The second-order valence-electron chi connectivity index (χ2n) is 2.63. The van der Waals surface area contributed by atoms with Crippen molar-refractivity contribution in [2.75, 3.05) is 0 Å². The van der Waals surface area contributed by atoms with E-state index in [4.69, 9.17) is 17.3 Å². The molecule has 0 bridgehead atoms. The third-order valence-corrected chi connectivity index (χ3v) is 1.95. The van der Waals surface area contributed by atoms with Crippen LogP contribution < -0.4 is 5.73 Å². The van der Waals surface area contributed by atoms with Gasteiger partial charge >= 0.3 is 95.8 Å². The van der Waals surface area contributed by atoms with Gasteiger partial charge in [0.15, 0.2) is 0 Å². The SMILES string of the molecule is C/C(=N\N=C(/N)[Se])c1cccc(Cl)c1. The summed E-state index contributed by atoms with van der Waals surface area (Å²) in [6.45, 7) is 1.85. The molecule has 1 rings (SSSR count). The molecule has 1 aromatic rings. The molecule has 5 heteroatoms. The van der Waals surface area contributed by atoms with Gasteiger partial charge in [0.1, 0.15) is 0 Å². The van der Waals surface area contributed by atoms with Crippen molar-refractivity contribution < 1.29 is 0 Å². The van der Waals surface area contributed by atoms with E-state index in [0.29, 0.717) is 9.76 Å². The van der Waals surface area contributed by atoms with Crippen LogP contribution in [0.15, 0.2) is 34.5 Å². The molecule has 0 aromatic heterocycles. The molecule has 3 nitrogen and oxygen atoms in total. The van der Waals surface area contributed by atoms with Gasteiger partial charge in [0.05, 0.1) is 0 Å². The van der Waals surface area contributed by atoms with Gasteiger partial charge in [-0.2, -0.15) is 0 Å². The predicted molar refractivity (Wildman–Crippen MR) is 61.0 cm³/mol. The van der Waals surface area contributed by atoms with Crippen LogP contribution in [0.25, 0.3) is 0 Å². The molecule has 0 aliphatic heterocycles. The van der Waals surface area contributed by atoms with Crippen molar-refractivity contribution in [3.8, 4) is 0 Å². The summed E-state index contributed by atoms with van der Waals surface area (Å²) in [7, 11) is 0. The molecule has 0 spiro atoms. The minimum atomic E-state index is 0.311. The zero-order chi connectivity index (χ0) is 10.6. The van der Waals surface area contributed by atoms with E-state index in [0.717, 1.165) is 11.3 Å². The quantitative estimate of drug-likeness (QED) is 0.378. The maximum atomic E-state index is 5.83. The van der Waals surface area contributed by atoms with Gasteiger partial charge in [-0.15, -0.1) is 0 Å². The predicted octanol–water partition coefficient (Wildman–Crippen LogP) is 1.55. The first kappa shape index (κ1) is 11.2. The fourth-order valence-electron chi connectivity index (χ4n) is 0.896. The van der Waals surface area contributed by atoms with Gasteiger partial charge in [-0.3, -0.25) is 0 Å². The van der Waals surface area contributed by atoms with Gasteiger partial charge < -0.3 is 0 Å². The summed E-state index contributed by atoms with van der Waals surface area (Å²) in [4.78, 5) is 0. The molecule has 73 valence electrons. The Kier molecular flexibility index (Phi) is 4.14. The molecular weight excluding hydrogens is 265 g/mol. The van der Waals surface area contributed by atoms with E-state index in [1.54, 1.807) is 0 Å². The Morgan fingerprint density at radius 2 is 2.14 bits per heavy atom. The minimum absolute atomic E-state index is 0.311. The number of benzene rings is 1. The molecule has 0 aliphatic rings. The first-order valence-corrected chi connectivity index (χ1v) is 5.13. The van der Waals surface area contributed by atoms with Crippen LogP contribution in [-0.4, -0.2) is 26.5 Å². The number of halogens is 1. The van der Waals surface area contributed by atoms with Gasteiger partial charge in [0.25, 0.3) is 0 Å². The maximum absolute atomic E-state index is 5.83. The molecule has 1 aromatic carbocycles. The first-order chi connectivity index (χ1) is 6.59. The average molecular weight is 274 g/mol. The molecule has 0 atom stereocenters. The number of nitrogens with zero attached hydrogens (tertiary/aromatic N) is 2. The van der Waals surface area contributed by atoms with Crippen molar-refractivity contribution in [3.05, 3.63) is 34.9 Å². The van der Waals surface area contributed by atoms with Gasteiger partial charge in [-0.1, -0.05) is 0 Å². The van der Waals surface area contributed by atoms with Crippen LogP contribution in [0.3, 0.4) is 0 Å². The summed E-state index contributed by atoms with van der Waals surface area (Å²) in [6.07, 6.45) is 0. The summed E-state index contributed by atoms with van der Waals surface area (Å²) >= 11 is 8.38. The van der Waals surface area contributed by atoms with Crippen molar-refractivity contribution >= 4 is 38.1 Å². The summed E-state index contributed by atoms with van der Waals surface area (Å²) in [5.41, 5.74) is 7.01. The summed E-state index contributed by atoms with van der Waals surface area (Å²) < 4.78 is 0.311. The topological polar surface area (TPSA) is 50.7 Å². The molecule has 2 N–H and O–H groups in total. The van der Waals surface area contributed by atoms with E-state index in [1.807, 2.05) is 31.2 Å². The van der Waals surface area contributed by atoms with E-state index < -0.39 is 0 Å². The third-order valence-electron chi connectivity index (χ3n) is 1.54. The zero-order valence-corrected chi connectivity index (χ0v) is 10.0. The van der Waals surface area contributed by atoms with Crippen molar-refractivity contribution in [3.63, 3.8) is 0 Å². The van der Waals surface area contributed by atoms with Crippen LogP contribution in [0, 0.1) is 0 Å². The number of hydrogen-bond donors (Lipinski definition) is 1. The Morgan fingerprint density at radius 3 is 2.71 bits per heavy atom. The van der Waals surface area contributed by atoms with Crippen LogP contribution in [0.4, 0.5) is 0 Å². The fourth-order valence-corrected chi connectivity index (χ4v) is 1.17. The number of nitrogens with two attached hydrogens (primary N) is 1. The van der Waals surface area contributed by atoms with E-state index in [-0.39, 0.29) is 0 Å².